The van der Waals surface area contributed by atoms with E-state index < -0.39 is 0 Å². The molecule has 2 nitrogen and oxygen atoms in total. The zero-order valence-electron chi connectivity index (χ0n) is 13.9. The van der Waals surface area contributed by atoms with E-state index in [0.29, 0.717) is 18.9 Å². The van der Waals surface area contributed by atoms with Gasteiger partial charge in [-0.25, -0.2) is 0 Å². The first kappa shape index (κ1) is 17.3. The van der Waals surface area contributed by atoms with Crippen LogP contribution in [0.1, 0.15) is 44.6 Å². The van der Waals surface area contributed by atoms with Gasteiger partial charge in [-0.3, -0.25) is 4.39 Å². The highest BCUT2D eigenvalue weighted by molar-refractivity contribution is 5.27. The van der Waals surface area contributed by atoms with E-state index in [0.717, 1.165) is 18.6 Å². The second-order valence-electron chi connectivity index (χ2n) is 6.56. The van der Waals surface area contributed by atoms with Crippen molar-refractivity contribution in [3.05, 3.63) is 29.8 Å². The molecule has 0 aliphatic carbocycles. The number of alkyl halides is 1. The smallest absolute Gasteiger partial charge is 0.119 e. The Morgan fingerprint density at radius 2 is 1.82 bits per heavy atom. The van der Waals surface area contributed by atoms with Crippen LogP contribution in [0.15, 0.2) is 24.3 Å². The predicted molar refractivity (Wildman–Crippen MR) is 90.3 cm³/mol. The second-order valence-corrected chi connectivity index (χ2v) is 6.56. The molecule has 2 rings (SSSR count). The Morgan fingerprint density at radius 3 is 2.50 bits per heavy atom. The van der Waals surface area contributed by atoms with E-state index in [2.05, 4.69) is 24.0 Å². The highest BCUT2D eigenvalue weighted by Crippen LogP contribution is 2.17. The van der Waals surface area contributed by atoms with Gasteiger partial charge in [0.2, 0.25) is 0 Å². The third kappa shape index (κ3) is 6.35. The van der Waals surface area contributed by atoms with Crippen molar-refractivity contribution in [3.63, 3.8) is 0 Å². The average Bonchev–Trinajstić information content (AvgIpc) is 2.54. The molecule has 0 N–H and O–H groups in total. The molecule has 0 radical (unpaired) electrons. The van der Waals surface area contributed by atoms with Gasteiger partial charge in [0.05, 0.1) is 13.3 Å². The zero-order chi connectivity index (χ0) is 15.6. The number of ether oxygens (including phenoxy) is 1. The minimum atomic E-state index is -0.253. The van der Waals surface area contributed by atoms with Crippen molar-refractivity contribution in [2.45, 2.75) is 45.4 Å². The van der Waals surface area contributed by atoms with E-state index in [9.17, 15) is 4.39 Å². The minimum absolute atomic E-state index is 0.253. The van der Waals surface area contributed by atoms with Gasteiger partial charge in [-0.1, -0.05) is 25.5 Å². The number of hydrogen-bond donors (Lipinski definition) is 0. The molecule has 1 aliphatic heterocycles. The van der Waals surface area contributed by atoms with Crippen LogP contribution in [0.4, 0.5) is 4.39 Å². The van der Waals surface area contributed by atoms with Crippen LogP contribution in [-0.2, 0) is 6.42 Å². The molecule has 0 spiro atoms. The molecule has 3 heteroatoms. The number of hydrogen-bond acceptors (Lipinski definition) is 2. The molecule has 0 saturated carbocycles. The van der Waals surface area contributed by atoms with Gasteiger partial charge in [-0.15, -0.1) is 0 Å². The number of rotatable bonds is 9. The molecule has 1 atom stereocenters. The highest BCUT2D eigenvalue weighted by Gasteiger charge is 2.13. The third-order valence-corrected chi connectivity index (χ3v) is 4.32. The predicted octanol–water partition coefficient (Wildman–Crippen LogP) is 4.48. The number of unbranched alkanes of at least 4 members (excludes halogenated alkanes) is 1. The van der Waals surface area contributed by atoms with Crippen LogP contribution in [0, 0.1) is 5.92 Å². The summed E-state index contributed by atoms with van der Waals surface area (Å²) in [6, 6.07) is 8.41. The Morgan fingerprint density at radius 1 is 1.09 bits per heavy atom. The second kappa shape index (κ2) is 9.83. The summed E-state index contributed by atoms with van der Waals surface area (Å²) in [5, 5.41) is 0. The van der Waals surface area contributed by atoms with Gasteiger partial charge in [0, 0.05) is 6.54 Å². The van der Waals surface area contributed by atoms with E-state index in [1.807, 2.05) is 12.1 Å². The summed E-state index contributed by atoms with van der Waals surface area (Å²) in [6.07, 6.45) is 6.62. The lowest BCUT2D eigenvalue weighted by molar-refractivity contribution is 0.200. The topological polar surface area (TPSA) is 12.5 Å². The summed E-state index contributed by atoms with van der Waals surface area (Å²) in [7, 11) is 0. The fraction of sp³-hybridized carbons (Fsp3) is 0.684. The van der Waals surface area contributed by atoms with Crippen LogP contribution in [0.3, 0.4) is 0 Å². The Hall–Kier alpha value is -1.09. The van der Waals surface area contributed by atoms with Crippen LogP contribution >= 0.6 is 0 Å². The molecular weight excluding hydrogens is 277 g/mol. The highest BCUT2D eigenvalue weighted by atomic mass is 19.1. The van der Waals surface area contributed by atoms with E-state index in [1.54, 1.807) is 0 Å². The molecule has 1 aliphatic rings. The Labute approximate surface area is 134 Å². The van der Waals surface area contributed by atoms with Crippen molar-refractivity contribution < 1.29 is 9.13 Å². The Bertz CT molecular complexity index is 400. The summed E-state index contributed by atoms with van der Waals surface area (Å²) in [4.78, 5) is 2.61. The molecule has 1 unspecified atom stereocenters. The lowest BCUT2D eigenvalue weighted by Crippen LogP contribution is -2.34. The summed E-state index contributed by atoms with van der Waals surface area (Å²) in [5.74, 6) is 1.58. The van der Waals surface area contributed by atoms with E-state index in [-0.39, 0.29) is 6.67 Å². The van der Waals surface area contributed by atoms with Gasteiger partial charge in [0.1, 0.15) is 5.75 Å². The lowest BCUT2D eigenvalue weighted by Gasteiger charge is -2.29. The quantitative estimate of drug-likeness (QED) is 0.624. The van der Waals surface area contributed by atoms with Crippen LogP contribution < -0.4 is 4.74 Å². The van der Waals surface area contributed by atoms with Gasteiger partial charge in [0.25, 0.3) is 0 Å². The first-order valence-corrected chi connectivity index (χ1v) is 8.78. The van der Waals surface area contributed by atoms with E-state index in [1.165, 1.54) is 44.5 Å². The van der Waals surface area contributed by atoms with Crippen molar-refractivity contribution in [1.29, 1.82) is 0 Å². The molecule has 0 aromatic heterocycles. The van der Waals surface area contributed by atoms with Crippen LogP contribution in [-0.4, -0.2) is 37.8 Å². The van der Waals surface area contributed by atoms with Crippen molar-refractivity contribution in [1.82, 2.24) is 4.90 Å². The molecule has 1 heterocycles. The number of nitrogens with zero attached hydrogens (tertiary/aromatic N) is 1. The fourth-order valence-corrected chi connectivity index (χ4v) is 3.16. The van der Waals surface area contributed by atoms with Gasteiger partial charge in [-0.2, -0.15) is 0 Å². The molecule has 0 amide bonds. The first-order chi connectivity index (χ1) is 10.8. The van der Waals surface area contributed by atoms with Gasteiger partial charge in [0.15, 0.2) is 0 Å². The normalized spacial score (nSPS) is 17.4. The molecule has 1 aromatic rings. The molecule has 124 valence electrons. The van der Waals surface area contributed by atoms with E-state index >= 15 is 0 Å². The van der Waals surface area contributed by atoms with Crippen LogP contribution in [0.2, 0.25) is 0 Å². The minimum Gasteiger partial charge on any atom is -0.494 e. The van der Waals surface area contributed by atoms with Gasteiger partial charge < -0.3 is 9.64 Å². The maximum Gasteiger partial charge on any atom is 0.119 e. The summed E-state index contributed by atoms with van der Waals surface area (Å²) < 4.78 is 17.6. The monoisotopic (exact) mass is 307 g/mol. The van der Waals surface area contributed by atoms with Crippen molar-refractivity contribution >= 4 is 0 Å². The first-order valence-electron chi connectivity index (χ1n) is 8.78. The molecular formula is C19H30FNO. The lowest BCUT2D eigenvalue weighted by atomic mass is 9.99. The maximum absolute atomic E-state index is 12.0. The van der Waals surface area contributed by atoms with Gasteiger partial charge in [-0.05, 0) is 68.8 Å². The maximum atomic E-state index is 12.0. The Kier molecular flexibility index (Phi) is 7.72. The summed E-state index contributed by atoms with van der Waals surface area (Å²) in [6.45, 7) is 6.45. The zero-order valence-corrected chi connectivity index (χ0v) is 13.9. The van der Waals surface area contributed by atoms with Crippen molar-refractivity contribution in [2.75, 3.05) is 32.9 Å². The van der Waals surface area contributed by atoms with Crippen LogP contribution in [0.5, 0.6) is 5.75 Å². The van der Waals surface area contributed by atoms with Crippen molar-refractivity contribution in [2.24, 2.45) is 5.92 Å². The number of piperidine rings is 1. The summed E-state index contributed by atoms with van der Waals surface area (Å²) in [5.41, 5.74) is 1.38. The summed E-state index contributed by atoms with van der Waals surface area (Å²) >= 11 is 0. The average molecular weight is 307 g/mol. The molecule has 1 fully saturated rings. The molecule has 1 aromatic carbocycles. The number of benzene rings is 1. The molecule has 1 saturated heterocycles. The molecule has 22 heavy (non-hydrogen) atoms. The van der Waals surface area contributed by atoms with Crippen molar-refractivity contribution in [3.8, 4) is 5.75 Å². The molecule has 0 bridgehead atoms. The number of likely N-dealkylation sites (tertiary alicyclic amines) is 1. The standard InChI is InChI=1S/C19H30FNO/c1-17(16-21-12-4-2-5-13-21)15-18-7-9-19(10-8-18)22-14-6-3-11-20/h7-10,17H,2-6,11-16H2,1H3. The largest absolute Gasteiger partial charge is 0.494 e. The van der Waals surface area contributed by atoms with Crippen LogP contribution in [0.25, 0.3) is 0 Å². The number of halogens is 1. The van der Waals surface area contributed by atoms with E-state index in [4.69, 9.17) is 4.74 Å². The third-order valence-electron chi connectivity index (χ3n) is 4.32. The van der Waals surface area contributed by atoms with Gasteiger partial charge >= 0.3 is 0 Å². The SMILES string of the molecule is CC(Cc1ccc(OCCCCF)cc1)CN1CCCCC1. The fourth-order valence-electron chi connectivity index (χ4n) is 3.16. The Balaban J connectivity index is 1.70.